The molecule has 1 aromatic carbocycles. The standard InChI is InChI=1S/C19H25N3O3/c23-15-6-4-14(5-7-15)21-19-20-12-13-2-1-3-17(18(13)22-19)25-16-8-10-24-11-9-16/h1-3,12,14-16,23H,4-11H2,(H,20,21,22). The Labute approximate surface area is 147 Å². The van der Waals surface area contributed by atoms with Gasteiger partial charge in [-0.05, 0) is 31.7 Å². The highest BCUT2D eigenvalue weighted by Crippen LogP contribution is 2.28. The molecular weight excluding hydrogens is 318 g/mol. The maximum atomic E-state index is 9.64. The highest BCUT2D eigenvalue weighted by Gasteiger charge is 2.21. The van der Waals surface area contributed by atoms with Gasteiger partial charge in [0.15, 0.2) is 0 Å². The molecule has 0 atom stereocenters. The van der Waals surface area contributed by atoms with Crippen molar-refractivity contribution in [2.24, 2.45) is 0 Å². The first-order valence-corrected chi connectivity index (χ1v) is 9.23. The van der Waals surface area contributed by atoms with Crippen molar-refractivity contribution >= 4 is 16.9 Å². The summed E-state index contributed by atoms with van der Waals surface area (Å²) in [6, 6.07) is 6.29. The molecule has 2 N–H and O–H groups in total. The van der Waals surface area contributed by atoms with Crippen LogP contribution in [0.25, 0.3) is 10.9 Å². The molecule has 1 saturated carbocycles. The van der Waals surface area contributed by atoms with Gasteiger partial charge < -0.3 is 19.9 Å². The normalized spacial score (nSPS) is 25.0. The number of benzene rings is 1. The summed E-state index contributed by atoms with van der Waals surface area (Å²) in [4.78, 5) is 9.16. The monoisotopic (exact) mass is 343 g/mol. The molecule has 2 aliphatic rings. The van der Waals surface area contributed by atoms with Gasteiger partial charge in [-0.25, -0.2) is 9.97 Å². The van der Waals surface area contributed by atoms with Crippen molar-refractivity contribution in [1.82, 2.24) is 9.97 Å². The topological polar surface area (TPSA) is 76.5 Å². The summed E-state index contributed by atoms with van der Waals surface area (Å²) < 4.78 is 11.6. The first-order valence-electron chi connectivity index (χ1n) is 9.23. The number of ether oxygens (including phenoxy) is 2. The summed E-state index contributed by atoms with van der Waals surface area (Å²) in [6.45, 7) is 1.51. The molecule has 6 heteroatoms. The minimum absolute atomic E-state index is 0.157. The zero-order valence-corrected chi connectivity index (χ0v) is 14.4. The molecule has 2 heterocycles. The van der Waals surface area contributed by atoms with Gasteiger partial charge in [-0.3, -0.25) is 0 Å². The van der Waals surface area contributed by atoms with Crippen molar-refractivity contribution < 1.29 is 14.6 Å². The van der Waals surface area contributed by atoms with Crippen LogP contribution >= 0.6 is 0 Å². The van der Waals surface area contributed by atoms with E-state index in [9.17, 15) is 5.11 Å². The summed E-state index contributed by atoms with van der Waals surface area (Å²) in [5.74, 6) is 1.45. The zero-order chi connectivity index (χ0) is 17.1. The average Bonchev–Trinajstić information content (AvgIpc) is 2.65. The van der Waals surface area contributed by atoms with Crippen LogP contribution in [-0.2, 0) is 4.74 Å². The molecule has 1 saturated heterocycles. The summed E-state index contributed by atoms with van der Waals surface area (Å²) in [5, 5.41) is 14.0. The number of fused-ring (bicyclic) bond motifs is 1. The highest BCUT2D eigenvalue weighted by atomic mass is 16.5. The second-order valence-corrected chi connectivity index (χ2v) is 6.97. The average molecular weight is 343 g/mol. The maximum absolute atomic E-state index is 9.64. The van der Waals surface area contributed by atoms with E-state index in [1.165, 1.54) is 0 Å². The zero-order valence-electron chi connectivity index (χ0n) is 14.4. The molecule has 2 fully saturated rings. The van der Waals surface area contributed by atoms with E-state index in [4.69, 9.17) is 14.5 Å². The van der Waals surface area contributed by atoms with Crippen LogP contribution in [0, 0.1) is 0 Å². The number of aliphatic hydroxyl groups is 1. The fourth-order valence-electron chi connectivity index (χ4n) is 3.57. The third kappa shape index (κ3) is 4.02. The number of nitrogens with one attached hydrogen (secondary N) is 1. The lowest BCUT2D eigenvalue weighted by Gasteiger charge is -2.26. The van der Waals surface area contributed by atoms with E-state index in [1.807, 2.05) is 24.4 Å². The molecule has 0 unspecified atom stereocenters. The van der Waals surface area contributed by atoms with Gasteiger partial charge in [0.25, 0.3) is 0 Å². The Morgan fingerprint density at radius 3 is 2.68 bits per heavy atom. The third-order valence-electron chi connectivity index (χ3n) is 5.07. The number of aliphatic hydroxyl groups excluding tert-OH is 1. The highest BCUT2D eigenvalue weighted by molar-refractivity contribution is 5.84. The molecule has 0 radical (unpaired) electrons. The van der Waals surface area contributed by atoms with Crippen LogP contribution in [0.1, 0.15) is 38.5 Å². The van der Waals surface area contributed by atoms with Crippen LogP contribution in [0.15, 0.2) is 24.4 Å². The molecule has 1 aromatic heterocycles. The van der Waals surface area contributed by atoms with Gasteiger partial charge in [0.05, 0.1) is 19.3 Å². The van der Waals surface area contributed by atoms with Gasteiger partial charge in [0, 0.05) is 30.5 Å². The van der Waals surface area contributed by atoms with E-state index >= 15 is 0 Å². The number of hydrogen-bond acceptors (Lipinski definition) is 6. The van der Waals surface area contributed by atoms with Crippen LogP contribution in [0.4, 0.5) is 5.95 Å². The molecule has 4 rings (SSSR count). The van der Waals surface area contributed by atoms with Crippen molar-refractivity contribution in [3.05, 3.63) is 24.4 Å². The molecule has 25 heavy (non-hydrogen) atoms. The maximum Gasteiger partial charge on any atom is 0.223 e. The van der Waals surface area contributed by atoms with Gasteiger partial charge in [-0.2, -0.15) is 0 Å². The van der Waals surface area contributed by atoms with Crippen LogP contribution in [0.3, 0.4) is 0 Å². The summed E-state index contributed by atoms with van der Waals surface area (Å²) >= 11 is 0. The van der Waals surface area contributed by atoms with E-state index in [2.05, 4.69) is 10.3 Å². The third-order valence-corrected chi connectivity index (χ3v) is 5.07. The first-order chi connectivity index (χ1) is 12.3. The second-order valence-electron chi connectivity index (χ2n) is 6.97. The van der Waals surface area contributed by atoms with Gasteiger partial charge in [0.1, 0.15) is 17.4 Å². The second kappa shape index (κ2) is 7.54. The molecule has 0 amide bonds. The van der Waals surface area contributed by atoms with Crippen molar-refractivity contribution in [3.8, 4) is 5.75 Å². The molecule has 2 aromatic rings. The first kappa shape index (κ1) is 16.5. The van der Waals surface area contributed by atoms with Gasteiger partial charge >= 0.3 is 0 Å². The SMILES string of the molecule is OC1CCC(Nc2ncc3cccc(OC4CCOCC4)c3n2)CC1. The molecule has 6 nitrogen and oxygen atoms in total. The largest absolute Gasteiger partial charge is 0.488 e. The Morgan fingerprint density at radius 2 is 1.88 bits per heavy atom. The predicted molar refractivity (Wildman–Crippen MR) is 95.9 cm³/mol. The fourth-order valence-corrected chi connectivity index (χ4v) is 3.57. The van der Waals surface area contributed by atoms with Gasteiger partial charge in [0.2, 0.25) is 5.95 Å². The fraction of sp³-hybridized carbons (Fsp3) is 0.579. The minimum Gasteiger partial charge on any atom is -0.488 e. The lowest BCUT2D eigenvalue weighted by Crippen LogP contribution is -2.29. The van der Waals surface area contributed by atoms with Crippen LogP contribution < -0.4 is 10.1 Å². The summed E-state index contributed by atoms with van der Waals surface area (Å²) in [5.41, 5.74) is 0.849. The summed E-state index contributed by atoms with van der Waals surface area (Å²) in [7, 11) is 0. The lowest BCUT2D eigenvalue weighted by atomic mass is 9.93. The molecule has 1 aliphatic heterocycles. The quantitative estimate of drug-likeness (QED) is 0.889. The van der Waals surface area contributed by atoms with Crippen molar-refractivity contribution in [2.45, 2.75) is 56.8 Å². The van der Waals surface area contributed by atoms with Crippen LogP contribution in [-0.4, -0.2) is 46.5 Å². The molecular formula is C19H25N3O3. The Bertz CT molecular complexity index is 710. The molecule has 0 spiro atoms. The van der Waals surface area contributed by atoms with E-state index in [0.717, 1.165) is 68.4 Å². The van der Waals surface area contributed by atoms with Crippen LogP contribution in [0.5, 0.6) is 5.75 Å². The van der Waals surface area contributed by atoms with Gasteiger partial charge in [-0.1, -0.05) is 12.1 Å². The predicted octanol–water partition coefficient (Wildman–Crippen LogP) is 2.90. The number of aromatic nitrogens is 2. The lowest BCUT2D eigenvalue weighted by molar-refractivity contribution is 0.0261. The number of hydrogen-bond donors (Lipinski definition) is 2. The van der Waals surface area contributed by atoms with Gasteiger partial charge in [-0.15, -0.1) is 0 Å². The van der Waals surface area contributed by atoms with E-state index in [0.29, 0.717) is 12.0 Å². The number of anilines is 1. The molecule has 134 valence electrons. The van der Waals surface area contributed by atoms with Crippen molar-refractivity contribution in [1.29, 1.82) is 0 Å². The molecule has 1 aliphatic carbocycles. The van der Waals surface area contributed by atoms with Crippen molar-refractivity contribution in [2.75, 3.05) is 18.5 Å². The van der Waals surface area contributed by atoms with E-state index in [1.54, 1.807) is 0 Å². The number of rotatable bonds is 4. The summed E-state index contributed by atoms with van der Waals surface area (Å²) in [6.07, 6.45) is 7.27. The Morgan fingerprint density at radius 1 is 1.08 bits per heavy atom. The number of nitrogens with zero attached hydrogens (tertiary/aromatic N) is 2. The molecule has 0 bridgehead atoms. The van der Waals surface area contributed by atoms with Crippen molar-refractivity contribution in [3.63, 3.8) is 0 Å². The van der Waals surface area contributed by atoms with E-state index in [-0.39, 0.29) is 12.2 Å². The Kier molecular flexibility index (Phi) is 4.99. The minimum atomic E-state index is -0.157. The van der Waals surface area contributed by atoms with Crippen LogP contribution in [0.2, 0.25) is 0 Å². The Hall–Kier alpha value is -1.92. The Balaban J connectivity index is 1.52. The number of para-hydroxylation sites is 1. The van der Waals surface area contributed by atoms with E-state index < -0.39 is 0 Å². The smallest absolute Gasteiger partial charge is 0.223 e.